The fraction of sp³-hybridized carbons (Fsp3) is 0.500. The number of likely N-dealkylation sites (tertiary alicyclic amines) is 1. The largest absolute Gasteiger partial charge is 0.480 e. The Balaban J connectivity index is 2.00. The molecule has 170 valence electrons. The van der Waals surface area contributed by atoms with Gasteiger partial charge in [0.25, 0.3) is 0 Å². The van der Waals surface area contributed by atoms with Gasteiger partial charge in [-0.05, 0) is 24.8 Å². The highest BCUT2D eigenvalue weighted by molar-refractivity contribution is 5.94. The molecule has 0 radical (unpaired) electrons. The van der Waals surface area contributed by atoms with Crippen LogP contribution in [0.4, 0.5) is 0 Å². The molecule has 0 saturated carbocycles. The van der Waals surface area contributed by atoms with Gasteiger partial charge in [-0.1, -0.05) is 30.3 Å². The van der Waals surface area contributed by atoms with Crippen molar-refractivity contribution in [2.45, 2.75) is 43.4 Å². The average Bonchev–Trinajstić information content (AvgIpc) is 3.25. The molecule has 0 spiro atoms. The van der Waals surface area contributed by atoms with Crippen molar-refractivity contribution in [3.8, 4) is 0 Å². The van der Waals surface area contributed by atoms with Crippen molar-refractivity contribution in [2.75, 3.05) is 19.8 Å². The Morgan fingerprint density at radius 1 is 1.06 bits per heavy atom. The first kappa shape index (κ1) is 24.3. The predicted molar refractivity (Wildman–Crippen MR) is 109 cm³/mol. The smallest absolute Gasteiger partial charge is 0.328 e. The number of nitrogens with one attached hydrogen (secondary N) is 2. The van der Waals surface area contributed by atoms with Gasteiger partial charge >= 0.3 is 5.97 Å². The Hall–Kier alpha value is -3.02. The van der Waals surface area contributed by atoms with E-state index in [-0.39, 0.29) is 19.4 Å². The number of benzene rings is 1. The Bertz CT molecular complexity index is 789. The molecule has 1 aromatic carbocycles. The molecule has 4 atom stereocenters. The van der Waals surface area contributed by atoms with E-state index in [9.17, 15) is 24.3 Å². The molecule has 7 N–H and O–H groups in total. The van der Waals surface area contributed by atoms with Crippen LogP contribution in [-0.2, 0) is 25.6 Å². The van der Waals surface area contributed by atoms with Crippen molar-refractivity contribution in [1.29, 1.82) is 0 Å². The molecule has 0 aromatic heterocycles. The van der Waals surface area contributed by atoms with Gasteiger partial charge in [0.2, 0.25) is 17.7 Å². The van der Waals surface area contributed by atoms with Gasteiger partial charge in [-0.2, -0.15) is 0 Å². The molecule has 4 unspecified atom stereocenters. The van der Waals surface area contributed by atoms with Gasteiger partial charge in [-0.3, -0.25) is 14.4 Å². The van der Waals surface area contributed by atoms with E-state index in [4.69, 9.17) is 15.9 Å². The molecule has 1 saturated heterocycles. The molecular formula is C20H28N4O7. The molecule has 31 heavy (non-hydrogen) atoms. The summed E-state index contributed by atoms with van der Waals surface area (Å²) >= 11 is 0. The van der Waals surface area contributed by atoms with Crippen molar-refractivity contribution >= 4 is 23.7 Å². The molecule has 1 aliphatic rings. The number of carbonyl (C=O) groups excluding carboxylic acids is 3. The molecular weight excluding hydrogens is 408 g/mol. The number of carboxylic acid groups (broad SMARTS) is 1. The van der Waals surface area contributed by atoms with Gasteiger partial charge < -0.3 is 36.6 Å². The van der Waals surface area contributed by atoms with Gasteiger partial charge in [0.1, 0.15) is 18.1 Å². The van der Waals surface area contributed by atoms with Crippen LogP contribution in [0.25, 0.3) is 0 Å². The van der Waals surface area contributed by atoms with Crippen LogP contribution in [0.3, 0.4) is 0 Å². The highest BCUT2D eigenvalue weighted by Crippen LogP contribution is 2.19. The Labute approximate surface area is 179 Å². The van der Waals surface area contributed by atoms with Gasteiger partial charge in [0.05, 0.1) is 19.3 Å². The Morgan fingerprint density at radius 2 is 1.71 bits per heavy atom. The van der Waals surface area contributed by atoms with Crippen molar-refractivity contribution in [1.82, 2.24) is 15.5 Å². The number of nitrogens with two attached hydrogens (primary N) is 1. The number of carboxylic acids is 1. The van der Waals surface area contributed by atoms with Gasteiger partial charge in [0.15, 0.2) is 0 Å². The van der Waals surface area contributed by atoms with E-state index in [0.29, 0.717) is 6.42 Å². The van der Waals surface area contributed by atoms with Gasteiger partial charge in [-0.25, -0.2) is 4.79 Å². The van der Waals surface area contributed by atoms with E-state index in [1.54, 1.807) is 0 Å². The number of aliphatic hydroxyl groups is 2. The van der Waals surface area contributed by atoms with Crippen molar-refractivity contribution < 1.29 is 34.5 Å². The molecule has 11 heteroatoms. The zero-order valence-electron chi connectivity index (χ0n) is 16.9. The van der Waals surface area contributed by atoms with Crippen LogP contribution in [-0.4, -0.2) is 87.8 Å². The molecule has 1 heterocycles. The summed E-state index contributed by atoms with van der Waals surface area (Å²) in [6.45, 7) is -1.28. The highest BCUT2D eigenvalue weighted by atomic mass is 16.4. The van der Waals surface area contributed by atoms with Crippen molar-refractivity contribution in [3.63, 3.8) is 0 Å². The van der Waals surface area contributed by atoms with Crippen molar-refractivity contribution in [2.24, 2.45) is 5.73 Å². The molecule has 3 amide bonds. The summed E-state index contributed by atoms with van der Waals surface area (Å²) in [7, 11) is 0. The summed E-state index contributed by atoms with van der Waals surface area (Å²) in [5.41, 5.74) is 6.76. The molecule has 1 aromatic rings. The van der Waals surface area contributed by atoms with Crippen LogP contribution in [0.1, 0.15) is 18.4 Å². The lowest BCUT2D eigenvalue weighted by molar-refractivity contribution is -0.146. The summed E-state index contributed by atoms with van der Waals surface area (Å²) in [6.07, 6.45) is 1.01. The second-order valence-corrected chi connectivity index (χ2v) is 7.31. The number of rotatable bonds is 10. The summed E-state index contributed by atoms with van der Waals surface area (Å²) in [5.74, 6) is -3.42. The minimum atomic E-state index is -1.49. The lowest BCUT2D eigenvalue weighted by Crippen LogP contribution is -2.58. The maximum Gasteiger partial charge on any atom is 0.328 e. The van der Waals surface area contributed by atoms with Crippen LogP contribution in [0.5, 0.6) is 0 Å². The average molecular weight is 436 g/mol. The second kappa shape index (κ2) is 11.4. The number of nitrogens with zero attached hydrogens (tertiary/aromatic N) is 1. The number of hydrogen-bond donors (Lipinski definition) is 6. The fourth-order valence-electron chi connectivity index (χ4n) is 3.38. The zero-order chi connectivity index (χ0) is 23.0. The maximum absolute atomic E-state index is 12.9. The van der Waals surface area contributed by atoms with Gasteiger partial charge in [-0.15, -0.1) is 0 Å². The second-order valence-electron chi connectivity index (χ2n) is 7.31. The fourth-order valence-corrected chi connectivity index (χ4v) is 3.38. The highest BCUT2D eigenvalue weighted by Gasteiger charge is 2.38. The summed E-state index contributed by atoms with van der Waals surface area (Å²) in [4.78, 5) is 49.9. The van der Waals surface area contributed by atoms with Crippen LogP contribution in [0.15, 0.2) is 30.3 Å². The third kappa shape index (κ3) is 6.48. The number of hydrogen-bond acceptors (Lipinski definition) is 7. The first-order valence-corrected chi connectivity index (χ1v) is 9.93. The Morgan fingerprint density at radius 3 is 2.29 bits per heavy atom. The Kier molecular flexibility index (Phi) is 8.91. The number of amides is 3. The minimum Gasteiger partial charge on any atom is -0.480 e. The number of aliphatic carboxylic acids is 1. The lowest BCUT2D eigenvalue weighted by atomic mass is 10.1. The molecule has 2 rings (SSSR count). The maximum atomic E-state index is 12.9. The van der Waals surface area contributed by atoms with Crippen LogP contribution in [0.2, 0.25) is 0 Å². The van der Waals surface area contributed by atoms with E-state index in [1.807, 2.05) is 30.3 Å². The quantitative estimate of drug-likeness (QED) is 0.234. The summed E-state index contributed by atoms with van der Waals surface area (Å²) in [6, 6.07) is 4.38. The third-order valence-electron chi connectivity index (χ3n) is 5.07. The normalized spacial score (nSPS) is 18.7. The van der Waals surface area contributed by atoms with Crippen LogP contribution >= 0.6 is 0 Å². The minimum absolute atomic E-state index is 0.205. The summed E-state index contributed by atoms with van der Waals surface area (Å²) < 4.78 is 0. The lowest BCUT2D eigenvalue weighted by Gasteiger charge is -2.29. The summed E-state index contributed by atoms with van der Waals surface area (Å²) in [5, 5.41) is 32.3. The molecule has 11 nitrogen and oxygen atoms in total. The number of carbonyl (C=O) groups is 4. The molecule has 1 fully saturated rings. The van der Waals surface area contributed by atoms with Crippen molar-refractivity contribution in [3.05, 3.63) is 35.9 Å². The van der Waals surface area contributed by atoms with E-state index in [2.05, 4.69) is 10.6 Å². The van der Waals surface area contributed by atoms with E-state index in [0.717, 1.165) is 5.56 Å². The topological polar surface area (TPSA) is 182 Å². The SMILES string of the molecule is NC(Cc1ccccc1)C(=O)NC(CO)C(=O)N1CCCC1C(=O)NC(CO)C(=O)O. The van der Waals surface area contributed by atoms with Gasteiger partial charge in [0, 0.05) is 6.54 Å². The predicted octanol–water partition coefficient (Wildman–Crippen LogP) is -2.41. The van der Waals surface area contributed by atoms with E-state index < -0.39 is 61.1 Å². The molecule has 0 bridgehead atoms. The van der Waals surface area contributed by atoms with Crippen LogP contribution < -0.4 is 16.4 Å². The first-order valence-electron chi connectivity index (χ1n) is 9.93. The number of aliphatic hydroxyl groups excluding tert-OH is 2. The standard InChI is InChI=1S/C20H28N4O7/c21-13(9-12-5-2-1-3-6-12)17(27)22-14(10-25)19(29)24-8-4-7-16(24)18(28)23-15(11-26)20(30)31/h1-3,5-6,13-16,25-26H,4,7-11,21H2,(H,22,27)(H,23,28)(H,30,31). The first-order chi connectivity index (χ1) is 14.8. The molecule has 1 aliphatic heterocycles. The van der Waals surface area contributed by atoms with E-state index in [1.165, 1.54) is 4.90 Å². The third-order valence-corrected chi connectivity index (χ3v) is 5.07. The molecule has 0 aliphatic carbocycles. The zero-order valence-corrected chi connectivity index (χ0v) is 16.9. The van der Waals surface area contributed by atoms with Crippen LogP contribution in [0, 0.1) is 0 Å². The van der Waals surface area contributed by atoms with E-state index >= 15 is 0 Å². The monoisotopic (exact) mass is 436 g/mol.